The predicted molar refractivity (Wildman–Crippen MR) is 87.3 cm³/mol. The minimum absolute atomic E-state index is 0.00816. The van der Waals surface area contributed by atoms with Crippen molar-refractivity contribution < 1.29 is 27.4 Å². The van der Waals surface area contributed by atoms with Crippen LogP contribution in [0.15, 0.2) is 23.8 Å². The second-order valence-electron chi connectivity index (χ2n) is 6.49. The molecule has 1 aromatic carbocycles. The second-order valence-corrected chi connectivity index (χ2v) is 6.49. The molecule has 3 rings (SSSR count). The lowest BCUT2D eigenvalue weighted by Crippen LogP contribution is -2.40. The van der Waals surface area contributed by atoms with E-state index < -0.39 is 23.8 Å². The van der Waals surface area contributed by atoms with Crippen molar-refractivity contribution in [1.29, 1.82) is 0 Å². The monoisotopic (exact) mass is 354 g/mol. The molecular weight excluding hydrogens is 333 g/mol. The van der Waals surface area contributed by atoms with Gasteiger partial charge in [-0.05, 0) is 43.4 Å². The third-order valence-corrected chi connectivity index (χ3v) is 4.76. The van der Waals surface area contributed by atoms with Gasteiger partial charge in [-0.25, -0.2) is 4.79 Å². The smallest absolute Gasteiger partial charge is 0.430 e. The van der Waals surface area contributed by atoms with Crippen molar-refractivity contribution in [2.75, 3.05) is 6.61 Å². The average molecular weight is 354 g/mol. The number of hydrogen-bond acceptors (Lipinski definition) is 3. The molecule has 0 spiro atoms. The topological polar surface area (TPSA) is 35.5 Å². The first-order valence-electron chi connectivity index (χ1n) is 8.66. The fourth-order valence-electron chi connectivity index (χ4n) is 3.52. The van der Waals surface area contributed by atoms with Gasteiger partial charge in [0.15, 0.2) is 0 Å². The first kappa shape index (κ1) is 17.8. The summed E-state index contributed by atoms with van der Waals surface area (Å²) in [7, 11) is 0. The molecule has 0 saturated heterocycles. The Morgan fingerprint density at radius 3 is 2.60 bits per heavy atom. The summed E-state index contributed by atoms with van der Waals surface area (Å²) in [6, 6.07) is 5.35. The van der Waals surface area contributed by atoms with Gasteiger partial charge in [0, 0.05) is 5.56 Å². The Hall–Kier alpha value is -1.98. The van der Waals surface area contributed by atoms with Crippen LogP contribution in [0.1, 0.15) is 56.1 Å². The summed E-state index contributed by atoms with van der Waals surface area (Å²) >= 11 is 0. The Balaban J connectivity index is 1.94. The summed E-state index contributed by atoms with van der Waals surface area (Å²) in [5.74, 6) is -0.451. The summed E-state index contributed by atoms with van der Waals surface area (Å²) in [5.41, 5.74) is 0.975. The van der Waals surface area contributed by atoms with Crippen molar-refractivity contribution in [2.45, 2.75) is 57.2 Å². The van der Waals surface area contributed by atoms with E-state index in [9.17, 15) is 18.0 Å². The molecule has 0 N–H and O–H groups in total. The summed E-state index contributed by atoms with van der Waals surface area (Å²) in [6.45, 7) is 1.56. The lowest BCUT2D eigenvalue weighted by molar-refractivity contribution is -0.187. The van der Waals surface area contributed by atoms with Crippen LogP contribution in [0.5, 0.6) is 5.75 Å². The molecule has 0 bridgehead atoms. The third kappa shape index (κ3) is 3.83. The number of benzene rings is 1. The Morgan fingerprint density at radius 1 is 1.24 bits per heavy atom. The molecule has 0 radical (unpaired) electrons. The Labute approximate surface area is 144 Å². The number of carbonyl (C=O) groups is 1. The van der Waals surface area contributed by atoms with Gasteiger partial charge in [0.25, 0.3) is 0 Å². The highest BCUT2D eigenvalue weighted by atomic mass is 19.4. The Morgan fingerprint density at radius 2 is 1.96 bits per heavy atom. The molecule has 1 saturated carbocycles. The summed E-state index contributed by atoms with van der Waals surface area (Å²) in [6.07, 6.45) is -0.157. The number of fused-ring (bicyclic) bond motifs is 1. The largest absolute Gasteiger partial charge is 0.475 e. The minimum Gasteiger partial charge on any atom is -0.475 e. The van der Waals surface area contributed by atoms with E-state index in [0.717, 1.165) is 31.2 Å². The second kappa shape index (κ2) is 7.10. The van der Waals surface area contributed by atoms with Crippen LogP contribution in [0.2, 0.25) is 0 Å². The fraction of sp³-hybridized carbons (Fsp3) is 0.526. The van der Waals surface area contributed by atoms with Gasteiger partial charge in [0.2, 0.25) is 6.10 Å². The first-order chi connectivity index (χ1) is 11.9. The maximum Gasteiger partial charge on any atom is 0.430 e. The van der Waals surface area contributed by atoms with Gasteiger partial charge in [0.05, 0.1) is 12.2 Å². The van der Waals surface area contributed by atoms with Crippen LogP contribution >= 0.6 is 0 Å². The molecule has 1 aromatic rings. The first-order valence-corrected chi connectivity index (χ1v) is 8.66. The van der Waals surface area contributed by atoms with E-state index in [2.05, 4.69) is 0 Å². The highest BCUT2D eigenvalue weighted by molar-refractivity contribution is 5.96. The summed E-state index contributed by atoms with van der Waals surface area (Å²) in [5, 5.41) is 0. The quantitative estimate of drug-likeness (QED) is 0.716. The number of carbonyl (C=O) groups excluding carboxylic acids is 1. The van der Waals surface area contributed by atoms with Crippen molar-refractivity contribution in [3.63, 3.8) is 0 Å². The van der Waals surface area contributed by atoms with Gasteiger partial charge in [0.1, 0.15) is 5.75 Å². The molecule has 6 heteroatoms. The van der Waals surface area contributed by atoms with Gasteiger partial charge >= 0.3 is 12.1 Å². The van der Waals surface area contributed by atoms with Crippen LogP contribution in [0.4, 0.5) is 13.2 Å². The van der Waals surface area contributed by atoms with Crippen LogP contribution in [-0.2, 0) is 9.53 Å². The van der Waals surface area contributed by atoms with Gasteiger partial charge < -0.3 is 9.47 Å². The average Bonchev–Trinajstić information content (AvgIpc) is 2.60. The van der Waals surface area contributed by atoms with Gasteiger partial charge in [-0.3, -0.25) is 0 Å². The van der Waals surface area contributed by atoms with Crippen LogP contribution in [-0.4, -0.2) is 24.9 Å². The van der Waals surface area contributed by atoms with Crippen molar-refractivity contribution in [3.05, 3.63) is 34.9 Å². The lowest BCUT2D eigenvalue weighted by atomic mass is 9.83. The van der Waals surface area contributed by atoms with E-state index in [1.807, 2.05) is 6.07 Å². The van der Waals surface area contributed by atoms with Crippen molar-refractivity contribution >= 4 is 12.0 Å². The van der Waals surface area contributed by atoms with E-state index >= 15 is 0 Å². The fourth-order valence-corrected chi connectivity index (χ4v) is 3.52. The molecule has 0 amide bonds. The molecule has 1 fully saturated rings. The number of alkyl halides is 3. The number of ether oxygens (including phenoxy) is 2. The molecule has 1 atom stereocenters. The van der Waals surface area contributed by atoms with Crippen LogP contribution < -0.4 is 4.74 Å². The normalized spacial score (nSPS) is 21.1. The number of esters is 1. The van der Waals surface area contributed by atoms with Crippen LogP contribution in [0, 0.1) is 0 Å². The molecule has 3 nitrogen and oxygen atoms in total. The third-order valence-electron chi connectivity index (χ3n) is 4.76. The molecule has 1 aliphatic carbocycles. The van der Waals surface area contributed by atoms with Crippen molar-refractivity contribution in [1.82, 2.24) is 0 Å². The Bertz CT molecular complexity index is 673. The van der Waals surface area contributed by atoms with E-state index in [1.54, 1.807) is 19.1 Å². The molecule has 1 heterocycles. The van der Waals surface area contributed by atoms with Crippen molar-refractivity contribution in [2.24, 2.45) is 0 Å². The number of rotatable bonds is 3. The zero-order valence-corrected chi connectivity index (χ0v) is 14.1. The predicted octanol–water partition coefficient (Wildman–Crippen LogP) is 5.00. The highest BCUT2D eigenvalue weighted by Gasteiger charge is 2.48. The molecule has 25 heavy (non-hydrogen) atoms. The van der Waals surface area contributed by atoms with E-state index in [0.29, 0.717) is 11.5 Å². The summed E-state index contributed by atoms with van der Waals surface area (Å²) < 4.78 is 50.1. The maximum absolute atomic E-state index is 13.4. The molecular formula is C19H21F3O3. The standard InChI is InChI=1S/C19H21F3O3/c1-2-24-18(23)15-10-14-9-8-13(12-6-4-3-5-7-12)11-16(14)25-17(15)19(20,21)22/h8-12,17H,2-7H2,1H3. The molecule has 0 aromatic heterocycles. The molecule has 2 aliphatic rings. The van der Waals surface area contributed by atoms with Gasteiger partial charge in [-0.15, -0.1) is 0 Å². The maximum atomic E-state index is 13.4. The Kier molecular flexibility index (Phi) is 5.06. The minimum atomic E-state index is -4.68. The number of halogens is 3. The molecule has 136 valence electrons. The molecule has 1 unspecified atom stereocenters. The highest BCUT2D eigenvalue weighted by Crippen LogP contribution is 2.40. The van der Waals surface area contributed by atoms with E-state index in [4.69, 9.17) is 9.47 Å². The van der Waals surface area contributed by atoms with E-state index in [-0.39, 0.29) is 12.4 Å². The van der Waals surface area contributed by atoms with Gasteiger partial charge in [-0.1, -0.05) is 31.4 Å². The summed E-state index contributed by atoms with van der Waals surface area (Å²) in [4.78, 5) is 11.9. The van der Waals surface area contributed by atoms with Crippen molar-refractivity contribution in [3.8, 4) is 5.75 Å². The van der Waals surface area contributed by atoms with Crippen LogP contribution in [0.3, 0.4) is 0 Å². The zero-order chi connectivity index (χ0) is 18.0. The van der Waals surface area contributed by atoms with E-state index in [1.165, 1.54) is 12.5 Å². The number of hydrogen-bond donors (Lipinski definition) is 0. The molecule has 1 aliphatic heterocycles. The van der Waals surface area contributed by atoms with Crippen LogP contribution in [0.25, 0.3) is 6.08 Å². The lowest BCUT2D eigenvalue weighted by Gasteiger charge is -2.29. The van der Waals surface area contributed by atoms with Gasteiger partial charge in [-0.2, -0.15) is 13.2 Å². The zero-order valence-electron chi connectivity index (χ0n) is 14.1. The SMILES string of the molecule is CCOC(=O)C1=Cc2ccc(C3CCCCC3)cc2OC1C(F)(F)F.